The van der Waals surface area contributed by atoms with E-state index in [0.29, 0.717) is 31.1 Å². The fraction of sp³-hybridized carbons (Fsp3) is 0.316. The standard InChI is InChI=1S/C19H20N4O2/c20-12-16-8-9-21-18(11-16)25-17-7-4-10-23(14-17)19(24)22-13-15-5-2-1-3-6-15/h1-3,5-6,8-9,11,17H,4,7,10,13-14H2,(H,22,24)/t17-/m1/s1. The van der Waals surface area contributed by atoms with Gasteiger partial charge in [-0.2, -0.15) is 5.26 Å². The molecule has 1 N–H and O–H groups in total. The van der Waals surface area contributed by atoms with E-state index in [1.54, 1.807) is 23.2 Å². The van der Waals surface area contributed by atoms with Crippen LogP contribution in [0.5, 0.6) is 5.88 Å². The summed E-state index contributed by atoms with van der Waals surface area (Å²) in [5.74, 6) is 0.426. The number of carbonyl (C=O) groups excluding carboxylic acids is 1. The van der Waals surface area contributed by atoms with Gasteiger partial charge in [0.25, 0.3) is 0 Å². The fourth-order valence-electron chi connectivity index (χ4n) is 2.82. The van der Waals surface area contributed by atoms with E-state index in [2.05, 4.69) is 16.4 Å². The maximum absolute atomic E-state index is 12.4. The Kier molecular flexibility index (Phi) is 5.47. The van der Waals surface area contributed by atoms with E-state index in [9.17, 15) is 4.79 Å². The number of urea groups is 1. The number of aromatic nitrogens is 1. The van der Waals surface area contributed by atoms with Gasteiger partial charge in [-0.25, -0.2) is 9.78 Å². The van der Waals surface area contributed by atoms with E-state index in [4.69, 9.17) is 10.00 Å². The first-order valence-electron chi connectivity index (χ1n) is 8.34. The molecule has 6 nitrogen and oxygen atoms in total. The minimum absolute atomic E-state index is 0.0871. The highest BCUT2D eigenvalue weighted by Crippen LogP contribution is 2.17. The molecule has 0 bridgehead atoms. The number of hydrogen-bond acceptors (Lipinski definition) is 4. The summed E-state index contributed by atoms with van der Waals surface area (Å²) in [4.78, 5) is 18.3. The Balaban J connectivity index is 1.53. The van der Waals surface area contributed by atoms with E-state index >= 15 is 0 Å². The van der Waals surface area contributed by atoms with Gasteiger partial charge >= 0.3 is 6.03 Å². The second kappa shape index (κ2) is 8.15. The zero-order chi connectivity index (χ0) is 17.5. The summed E-state index contributed by atoms with van der Waals surface area (Å²) < 4.78 is 5.86. The van der Waals surface area contributed by atoms with Crippen LogP contribution in [0.3, 0.4) is 0 Å². The third-order valence-electron chi connectivity index (χ3n) is 4.10. The summed E-state index contributed by atoms with van der Waals surface area (Å²) in [6.45, 7) is 1.73. The van der Waals surface area contributed by atoms with Crippen LogP contribution in [0, 0.1) is 11.3 Å². The van der Waals surface area contributed by atoms with Crippen LogP contribution in [-0.2, 0) is 6.54 Å². The van der Waals surface area contributed by atoms with Gasteiger partial charge < -0.3 is 15.0 Å². The Bertz CT molecular complexity index is 758. The third kappa shape index (κ3) is 4.70. The Labute approximate surface area is 147 Å². The Morgan fingerprint density at radius 3 is 3.00 bits per heavy atom. The monoisotopic (exact) mass is 336 g/mol. The quantitative estimate of drug-likeness (QED) is 0.931. The van der Waals surface area contributed by atoms with Crippen LogP contribution in [0.1, 0.15) is 24.0 Å². The van der Waals surface area contributed by atoms with E-state index in [0.717, 1.165) is 18.4 Å². The van der Waals surface area contributed by atoms with E-state index < -0.39 is 0 Å². The number of piperidine rings is 1. The lowest BCUT2D eigenvalue weighted by molar-refractivity contribution is 0.0977. The highest BCUT2D eigenvalue weighted by Gasteiger charge is 2.25. The first kappa shape index (κ1) is 16.8. The van der Waals surface area contributed by atoms with Crippen LogP contribution in [0.2, 0.25) is 0 Å². The summed E-state index contributed by atoms with van der Waals surface area (Å²) in [5.41, 5.74) is 1.58. The number of benzene rings is 1. The molecule has 6 heteroatoms. The van der Waals surface area contributed by atoms with Crippen molar-refractivity contribution in [3.05, 3.63) is 59.8 Å². The van der Waals surface area contributed by atoms with Crippen LogP contribution in [0.15, 0.2) is 48.7 Å². The normalized spacial score (nSPS) is 16.8. The van der Waals surface area contributed by atoms with E-state index in [-0.39, 0.29) is 12.1 Å². The lowest BCUT2D eigenvalue weighted by Crippen LogP contribution is -2.48. The zero-order valence-corrected chi connectivity index (χ0v) is 13.9. The first-order valence-corrected chi connectivity index (χ1v) is 8.34. The molecule has 1 saturated heterocycles. The zero-order valence-electron chi connectivity index (χ0n) is 13.9. The smallest absolute Gasteiger partial charge is 0.317 e. The topological polar surface area (TPSA) is 78.2 Å². The van der Waals surface area contributed by atoms with Crippen molar-refractivity contribution in [1.29, 1.82) is 5.26 Å². The molecular formula is C19H20N4O2. The second-order valence-electron chi connectivity index (χ2n) is 5.97. The van der Waals surface area contributed by atoms with Gasteiger partial charge in [0.05, 0.1) is 18.2 Å². The number of carbonyl (C=O) groups is 1. The van der Waals surface area contributed by atoms with Crippen molar-refractivity contribution in [2.45, 2.75) is 25.5 Å². The molecule has 1 aromatic heterocycles. The van der Waals surface area contributed by atoms with Crippen LogP contribution < -0.4 is 10.1 Å². The molecule has 1 aromatic carbocycles. The summed E-state index contributed by atoms with van der Waals surface area (Å²) in [7, 11) is 0. The maximum atomic E-state index is 12.4. The molecule has 1 atom stereocenters. The average Bonchev–Trinajstić information content (AvgIpc) is 2.67. The SMILES string of the molecule is N#Cc1ccnc(O[C@@H]2CCCN(C(=O)NCc3ccccc3)C2)c1. The van der Waals surface area contributed by atoms with Crippen LogP contribution in [-0.4, -0.2) is 35.1 Å². The molecular weight excluding hydrogens is 316 g/mol. The van der Waals surface area contributed by atoms with Crippen molar-refractivity contribution in [3.63, 3.8) is 0 Å². The van der Waals surface area contributed by atoms with Gasteiger partial charge in [-0.1, -0.05) is 30.3 Å². The predicted octanol–water partition coefficient (Wildman–Crippen LogP) is 2.71. The van der Waals surface area contributed by atoms with Crippen LogP contribution in [0.4, 0.5) is 4.79 Å². The Morgan fingerprint density at radius 2 is 2.20 bits per heavy atom. The van der Waals surface area contributed by atoms with Crippen LogP contribution in [0.25, 0.3) is 0 Å². The van der Waals surface area contributed by atoms with Crippen molar-refractivity contribution in [2.75, 3.05) is 13.1 Å². The van der Waals surface area contributed by atoms with Gasteiger partial charge in [0.1, 0.15) is 6.10 Å². The number of nitrogens with one attached hydrogen (secondary N) is 1. The number of ether oxygens (including phenoxy) is 1. The van der Waals surface area contributed by atoms with Crippen molar-refractivity contribution < 1.29 is 9.53 Å². The molecule has 2 amide bonds. The van der Waals surface area contributed by atoms with Gasteiger partial charge in [0, 0.05) is 25.4 Å². The highest BCUT2D eigenvalue weighted by molar-refractivity contribution is 5.74. The molecule has 0 spiro atoms. The molecule has 128 valence electrons. The van der Waals surface area contributed by atoms with Crippen molar-refractivity contribution >= 4 is 6.03 Å². The highest BCUT2D eigenvalue weighted by atomic mass is 16.5. The number of nitriles is 1. The minimum atomic E-state index is -0.113. The number of rotatable bonds is 4. The van der Waals surface area contributed by atoms with Gasteiger partial charge in [-0.15, -0.1) is 0 Å². The largest absolute Gasteiger partial charge is 0.472 e. The van der Waals surface area contributed by atoms with Crippen LogP contribution >= 0.6 is 0 Å². The van der Waals surface area contributed by atoms with Gasteiger partial charge in [0.15, 0.2) is 0 Å². The molecule has 0 radical (unpaired) electrons. The number of hydrogen-bond donors (Lipinski definition) is 1. The first-order chi connectivity index (χ1) is 12.2. The third-order valence-corrected chi connectivity index (χ3v) is 4.10. The van der Waals surface area contributed by atoms with Gasteiger partial charge in [-0.3, -0.25) is 0 Å². The molecule has 1 aliphatic rings. The number of likely N-dealkylation sites (tertiary alicyclic amines) is 1. The van der Waals surface area contributed by atoms with E-state index in [1.807, 2.05) is 30.3 Å². The molecule has 1 aliphatic heterocycles. The van der Waals surface area contributed by atoms with E-state index in [1.165, 1.54) is 0 Å². The maximum Gasteiger partial charge on any atom is 0.317 e. The Morgan fingerprint density at radius 1 is 1.36 bits per heavy atom. The summed E-state index contributed by atoms with van der Waals surface area (Å²) in [6.07, 6.45) is 3.18. The molecule has 2 heterocycles. The molecule has 1 fully saturated rings. The number of pyridine rings is 1. The van der Waals surface area contributed by atoms with Crippen molar-refractivity contribution in [3.8, 4) is 11.9 Å². The predicted molar refractivity (Wildman–Crippen MR) is 92.9 cm³/mol. The van der Waals surface area contributed by atoms with Crippen molar-refractivity contribution in [1.82, 2.24) is 15.2 Å². The number of nitrogens with zero attached hydrogens (tertiary/aromatic N) is 3. The molecule has 3 rings (SSSR count). The molecule has 2 aromatic rings. The molecule has 0 aliphatic carbocycles. The lowest BCUT2D eigenvalue weighted by atomic mass is 10.1. The molecule has 25 heavy (non-hydrogen) atoms. The fourth-order valence-corrected chi connectivity index (χ4v) is 2.82. The summed E-state index contributed by atoms with van der Waals surface area (Å²) in [6, 6.07) is 15.1. The Hall–Kier alpha value is -3.07. The average molecular weight is 336 g/mol. The molecule has 0 saturated carbocycles. The van der Waals surface area contributed by atoms with Gasteiger partial charge in [0.2, 0.25) is 5.88 Å². The second-order valence-corrected chi connectivity index (χ2v) is 5.97. The summed E-state index contributed by atoms with van der Waals surface area (Å²) in [5, 5.41) is 11.9. The summed E-state index contributed by atoms with van der Waals surface area (Å²) >= 11 is 0. The number of amides is 2. The minimum Gasteiger partial charge on any atom is -0.472 e. The lowest BCUT2D eigenvalue weighted by Gasteiger charge is -2.32. The van der Waals surface area contributed by atoms with Crippen molar-refractivity contribution in [2.24, 2.45) is 0 Å². The molecule has 0 unspecified atom stereocenters. The van der Waals surface area contributed by atoms with Gasteiger partial charge in [-0.05, 0) is 24.5 Å².